The number of hydrogen-bond donors (Lipinski definition) is 0. The monoisotopic (exact) mass is 215 g/mol. The standard InChI is InChI=1S/C12H23OS/c1-14(11-7-3-2-4-8-11)12-9-5-6-10-13-12/h11-12H,2-10H2,1H3/q+1. The zero-order chi connectivity index (χ0) is 9.80. The Morgan fingerprint density at radius 2 is 1.64 bits per heavy atom. The van der Waals surface area contributed by atoms with Gasteiger partial charge in [0.1, 0.15) is 11.5 Å². The SMILES string of the molecule is C[S+](C1CCCCC1)C1CCCCO1. The summed E-state index contributed by atoms with van der Waals surface area (Å²) in [7, 11) is 0.535. The molecule has 2 aliphatic rings. The molecule has 0 amide bonds. The lowest BCUT2D eigenvalue weighted by molar-refractivity contribution is 0.0701. The van der Waals surface area contributed by atoms with E-state index in [0.717, 1.165) is 11.9 Å². The summed E-state index contributed by atoms with van der Waals surface area (Å²) in [6.45, 7) is 1.02. The second kappa shape index (κ2) is 5.41. The second-order valence-electron chi connectivity index (χ2n) is 4.66. The van der Waals surface area contributed by atoms with E-state index in [9.17, 15) is 0 Å². The molecule has 0 aromatic rings. The van der Waals surface area contributed by atoms with Crippen molar-refractivity contribution in [2.45, 2.75) is 62.1 Å². The molecule has 82 valence electrons. The Morgan fingerprint density at radius 1 is 0.929 bits per heavy atom. The minimum absolute atomic E-state index is 0.535. The molecule has 0 aromatic heterocycles. The molecular weight excluding hydrogens is 192 g/mol. The maximum atomic E-state index is 5.91. The molecule has 2 fully saturated rings. The van der Waals surface area contributed by atoms with Gasteiger partial charge in [-0.25, -0.2) is 0 Å². The van der Waals surface area contributed by atoms with Crippen LogP contribution in [0.15, 0.2) is 0 Å². The Labute approximate surface area is 90.9 Å². The van der Waals surface area contributed by atoms with Crippen molar-refractivity contribution in [1.29, 1.82) is 0 Å². The van der Waals surface area contributed by atoms with Gasteiger partial charge in [-0.2, -0.15) is 0 Å². The van der Waals surface area contributed by atoms with Crippen LogP contribution in [0.1, 0.15) is 51.4 Å². The van der Waals surface area contributed by atoms with Crippen molar-refractivity contribution in [1.82, 2.24) is 0 Å². The molecule has 0 radical (unpaired) electrons. The first-order chi connectivity index (χ1) is 6.88. The number of ether oxygens (including phenoxy) is 1. The van der Waals surface area contributed by atoms with Crippen LogP contribution in [0, 0.1) is 0 Å². The first-order valence-electron chi connectivity index (χ1n) is 6.13. The zero-order valence-corrected chi connectivity index (χ0v) is 10.2. The molecule has 1 heterocycles. The minimum atomic E-state index is 0.535. The van der Waals surface area contributed by atoms with E-state index in [-0.39, 0.29) is 0 Å². The van der Waals surface area contributed by atoms with Crippen LogP contribution in [0.5, 0.6) is 0 Å². The van der Waals surface area contributed by atoms with Gasteiger partial charge in [0, 0.05) is 17.3 Å². The van der Waals surface area contributed by atoms with Crippen LogP contribution >= 0.6 is 0 Å². The van der Waals surface area contributed by atoms with Crippen molar-refractivity contribution in [2.24, 2.45) is 0 Å². The van der Waals surface area contributed by atoms with Gasteiger partial charge in [0.15, 0.2) is 0 Å². The smallest absolute Gasteiger partial charge is 0.217 e. The maximum Gasteiger partial charge on any atom is 0.217 e. The minimum Gasteiger partial charge on any atom is -0.334 e. The fourth-order valence-corrected chi connectivity index (χ4v) is 5.01. The van der Waals surface area contributed by atoms with Gasteiger partial charge < -0.3 is 4.74 Å². The van der Waals surface area contributed by atoms with Gasteiger partial charge in [-0.3, -0.25) is 0 Å². The lowest BCUT2D eigenvalue weighted by atomic mass is 10.0. The molecule has 0 N–H and O–H groups in total. The van der Waals surface area contributed by atoms with E-state index in [4.69, 9.17) is 4.74 Å². The van der Waals surface area contributed by atoms with E-state index in [1.807, 2.05) is 0 Å². The van der Waals surface area contributed by atoms with Crippen molar-refractivity contribution < 1.29 is 4.74 Å². The molecule has 14 heavy (non-hydrogen) atoms. The van der Waals surface area contributed by atoms with Crippen molar-refractivity contribution in [3.8, 4) is 0 Å². The van der Waals surface area contributed by atoms with Gasteiger partial charge in [0.2, 0.25) is 5.44 Å². The van der Waals surface area contributed by atoms with Crippen LogP contribution < -0.4 is 0 Å². The third kappa shape index (κ3) is 2.66. The van der Waals surface area contributed by atoms with Crippen molar-refractivity contribution >= 4 is 10.9 Å². The summed E-state index contributed by atoms with van der Waals surface area (Å²) in [5, 5.41) is 0.992. The van der Waals surface area contributed by atoms with Gasteiger partial charge in [0.25, 0.3) is 0 Å². The van der Waals surface area contributed by atoms with Gasteiger partial charge in [-0.15, -0.1) is 0 Å². The molecule has 1 aliphatic carbocycles. The predicted octanol–water partition coefficient (Wildman–Crippen LogP) is 3.09. The molecule has 2 rings (SSSR count). The fourth-order valence-electron chi connectivity index (χ4n) is 2.66. The predicted molar refractivity (Wildman–Crippen MR) is 63.8 cm³/mol. The third-order valence-corrected chi connectivity index (χ3v) is 6.35. The van der Waals surface area contributed by atoms with E-state index in [1.54, 1.807) is 0 Å². The van der Waals surface area contributed by atoms with Gasteiger partial charge >= 0.3 is 0 Å². The van der Waals surface area contributed by atoms with Crippen LogP contribution in [0.25, 0.3) is 0 Å². The van der Waals surface area contributed by atoms with Crippen LogP contribution in [-0.2, 0) is 15.6 Å². The molecule has 1 nitrogen and oxygen atoms in total. The third-order valence-electron chi connectivity index (χ3n) is 3.63. The zero-order valence-electron chi connectivity index (χ0n) is 9.34. The van der Waals surface area contributed by atoms with E-state index in [2.05, 4.69) is 6.26 Å². The van der Waals surface area contributed by atoms with Crippen LogP contribution in [0.2, 0.25) is 0 Å². The van der Waals surface area contributed by atoms with Crippen LogP contribution in [-0.4, -0.2) is 23.5 Å². The largest absolute Gasteiger partial charge is 0.334 e. The fraction of sp³-hybridized carbons (Fsp3) is 1.00. The summed E-state index contributed by atoms with van der Waals surface area (Å²) < 4.78 is 5.91. The molecule has 1 saturated heterocycles. The molecule has 0 spiro atoms. The van der Waals surface area contributed by atoms with Crippen molar-refractivity contribution in [3.63, 3.8) is 0 Å². The van der Waals surface area contributed by atoms with E-state index in [1.165, 1.54) is 51.4 Å². The Bertz CT molecular complexity index is 142. The Balaban J connectivity index is 1.82. The molecule has 2 unspecified atom stereocenters. The van der Waals surface area contributed by atoms with Crippen molar-refractivity contribution in [2.75, 3.05) is 12.9 Å². The molecule has 2 atom stereocenters. The first-order valence-corrected chi connectivity index (χ1v) is 7.89. The molecule has 1 aliphatic heterocycles. The summed E-state index contributed by atoms with van der Waals surface area (Å²) in [4.78, 5) is 0. The topological polar surface area (TPSA) is 9.23 Å². The average molecular weight is 215 g/mol. The van der Waals surface area contributed by atoms with Gasteiger partial charge in [0.05, 0.1) is 6.61 Å². The Hall–Kier alpha value is 0.310. The highest BCUT2D eigenvalue weighted by Crippen LogP contribution is 2.30. The molecule has 0 aromatic carbocycles. The lowest BCUT2D eigenvalue weighted by Crippen LogP contribution is -2.36. The molecule has 1 saturated carbocycles. The first kappa shape index (κ1) is 10.8. The summed E-state index contributed by atoms with van der Waals surface area (Å²) in [6.07, 6.45) is 13.8. The summed E-state index contributed by atoms with van der Waals surface area (Å²) in [5.41, 5.74) is 0.617. The van der Waals surface area contributed by atoms with Crippen molar-refractivity contribution in [3.05, 3.63) is 0 Å². The van der Waals surface area contributed by atoms with Gasteiger partial charge in [-0.05, 0) is 38.5 Å². The average Bonchev–Trinajstić information content (AvgIpc) is 2.30. The maximum absolute atomic E-state index is 5.91. The molecule has 0 bridgehead atoms. The number of rotatable bonds is 2. The van der Waals surface area contributed by atoms with Crippen LogP contribution in [0.3, 0.4) is 0 Å². The Morgan fingerprint density at radius 3 is 2.29 bits per heavy atom. The quantitative estimate of drug-likeness (QED) is 0.643. The highest BCUT2D eigenvalue weighted by Gasteiger charge is 2.36. The highest BCUT2D eigenvalue weighted by molar-refractivity contribution is 7.97. The van der Waals surface area contributed by atoms with E-state index < -0.39 is 0 Å². The summed E-state index contributed by atoms with van der Waals surface area (Å²) in [6, 6.07) is 0. The summed E-state index contributed by atoms with van der Waals surface area (Å²) in [5.74, 6) is 0. The van der Waals surface area contributed by atoms with E-state index in [0.29, 0.717) is 16.3 Å². The van der Waals surface area contributed by atoms with Crippen LogP contribution in [0.4, 0.5) is 0 Å². The highest BCUT2D eigenvalue weighted by atomic mass is 32.2. The second-order valence-corrected chi connectivity index (χ2v) is 7.07. The lowest BCUT2D eigenvalue weighted by Gasteiger charge is -2.28. The van der Waals surface area contributed by atoms with E-state index >= 15 is 0 Å². The normalized spacial score (nSPS) is 32.8. The van der Waals surface area contributed by atoms with Gasteiger partial charge in [-0.1, -0.05) is 6.42 Å². The number of hydrogen-bond acceptors (Lipinski definition) is 1. The molecular formula is C12H23OS+. The molecule has 2 heteroatoms. The summed E-state index contributed by atoms with van der Waals surface area (Å²) >= 11 is 0. The Kier molecular flexibility index (Phi) is 4.18.